The molecule has 1 aliphatic carbocycles. The third kappa shape index (κ3) is 7.06. The highest BCUT2D eigenvalue weighted by Gasteiger charge is 2.59. The second-order valence-electron chi connectivity index (χ2n) is 9.40. The van der Waals surface area contributed by atoms with Crippen molar-refractivity contribution in [1.82, 2.24) is 0 Å². The minimum Gasteiger partial charge on any atom is -0.463 e. The fourth-order valence-electron chi connectivity index (χ4n) is 3.82. The Morgan fingerprint density at radius 1 is 0.971 bits per heavy atom. The molecule has 0 spiro atoms. The minimum atomic E-state index is -1.99. The molecule has 2 aliphatic rings. The van der Waals surface area contributed by atoms with E-state index in [0.717, 1.165) is 0 Å². The van der Waals surface area contributed by atoms with Crippen LogP contribution in [0.5, 0.6) is 0 Å². The lowest BCUT2D eigenvalue weighted by atomic mass is 9.82. The smallest absolute Gasteiger partial charge is 0.309 e. The third-order valence-corrected chi connectivity index (χ3v) is 5.27. The van der Waals surface area contributed by atoms with Gasteiger partial charge in [0.1, 0.15) is 13.2 Å². The minimum absolute atomic E-state index is 0.0230. The second kappa shape index (κ2) is 11.5. The van der Waals surface area contributed by atoms with Gasteiger partial charge in [0.05, 0.1) is 12.2 Å². The standard InChI is InChI=1S/C24H34O10/c1-13(2)7-20(27)30-10-17-11-31-23(34-21(28)8-14(3)4)22-18(17)9-19(33-16(6)26)24(22,29)12-32-15(5)25/h9,11,13-14,19,22-23,29H,7-8,10,12H2,1-6H3. The van der Waals surface area contributed by atoms with Crippen LogP contribution in [0.1, 0.15) is 54.4 Å². The zero-order valence-corrected chi connectivity index (χ0v) is 20.5. The van der Waals surface area contributed by atoms with Crippen molar-refractivity contribution in [3.63, 3.8) is 0 Å². The maximum atomic E-state index is 12.4. The van der Waals surface area contributed by atoms with Gasteiger partial charge in [0, 0.05) is 32.3 Å². The predicted octanol–water partition coefficient (Wildman–Crippen LogP) is 2.19. The number of rotatable bonds is 10. The Morgan fingerprint density at radius 2 is 1.59 bits per heavy atom. The molecule has 0 aromatic rings. The molecule has 10 heteroatoms. The second-order valence-corrected chi connectivity index (χ2v) is 9.40. The molecule has 34 heavy (non-hydrogen) atoms. The van der Waals surface area contributed by atoms with E-state index < -0.39 is 54.4 Å². The molecule has 0 amide bonds. The van der Waals surface area contributed by atoms with Crippen molar-refractivity contribution in [3.05, 3.63) is 23.5 Å². The van der Waals surface area contributed by atoms with E-state index in [9.17, 15) is 24.3 Å². The number of esters is 4. The van der Waals surface area contributed by atoms with E-state index >= 15 is 0 Å². The molecular weight excluding hydrogens is 448 g/mol. The van der Waals surface area contributed by atoms with Crippen LogP contribution in [-0.4, -0.2) is 60.2 Å². The molecule has 10 nitrogen and oxygen atoms in total. The molecular formula is C24H34O10. The maximum Gasteiger partial charge on any atom is 0.309 e. The number of hydrogen-bond donors (Lipinski definition) is 1. The van der Waals surface area contributed by atoms with Gasteiger partial charge >= 0.3 is 23.9 Å². The summed E-state index contributed by atoms with van der Waals surface area (Å²) >= 11 is 0. The van der Waals surface area contributed by atoms with Crippen LogP contribution in [0.25, 0.3) is 0 Å². The fraction of sp³-hybridized carbons (Fsp3) is 0.667. The summed E-state index contributed by atoms with van der Waals surface area (Å²) in [5.41, 5.74) is -1.18. The summed E-state index contributed by atoms with van der Waals surface area (Å²) < 4.78 is 26.9. The zero-order valence-electron chi connectivity index (χ0n) is 20.5. The van der Waals surface area contributed by atoms with E-state index in [-0.39, 0.29) is 31.3 Å². The molecule has 0 aromatic heterocycles. The van der Waals surface area contributed by atoms with Gasteiger partial charge < -0.3 is 28.8 Å². The van der Waals surface area contributed by atoms with E-state index in [0.29, 0.717) is 11.1 Å². The van der Waals surface area contributed by atoms with Gasteiger partial charge in [-0.15, -0.1) is 0 Å². The zero-order chi connectivity index (χ0) is 25.6. The number of fused-ring (bicyclic) bond motifs is 1. The largest absolute Gasteiger partial charge is 0.463 e. The molecule has 1 N–H and O–H groups in total. The van der Waals surface area contributed by atoms with Gasteiger partial charge in [-0.05, 0) is 23.5 Å². The lowest BCUT2D eigenvalue weighted by Gasteiger charge is -2.40. The topological polar surface area (TPSA) is 135 Å². The lowest BCUT2D eigenvalue weighted by molar-refractivity contribution is -0.217. The summed E-state index contributed by atoms with van der Waals surface area (Å²) in [4.78, 5) is 47.7. The normalized spacial score (nSPS) is 25.6. The van der Waals surface area contributed by atoms with Crippen molar-refractivity contribution in [2.75, 3.05) is 13.2 Å². The molecule has 0 bridgehead atoms. The molecule has 0 saturated heterocycles. The lowest BCUT2D eigenvalue weighted by Crippen LogP contribution is -2.55. The maximum absolute atomic E-state index is 12.4. The number of carbonyl (C=O) groups is 4. The molecule has 1 aliphatic heterocycles. The molecule has 2 rings (SSSR count). The first-order chi connectivity index (χ1) is 15.8. The van der Waals surface area contributed by atoms with Crippen LogP contribution in [0.4, 0.5) is 0 Å². The van der Waals surface area contributed by atoms with E-state index in [1.807, 2.05) is 27.7 Å². The van der Waals surface area contributed by atoms with Crippen LogP contribution in [0, 0.1) is 17.8 Å². The number of aliphatic hydroxyl groups is 1. The van der Waals surface area contributed by atoms with Crippen molar-refractivity contribution in [1.29, 1.82) is 0 Å². The Balaban J connectivity index is 2.39. The molecule has 1 heterocycles. The van der Waals surface area contributed by atoms with Gasteiger partial charge in [-0.25, -0.2) is 0 Å². The van der Waals surface area contributed by atoms with Crippen molar-refractivity contribution in [2.24, 2.45) is 17.8 Å². The highest BCUT2D eigenvalue weighted by atomic mass is 16.7. The first kappa shape index (κ1) is 27.4. The summed E-state index contributed by atoms with van der Waals surface area (Å²) in [6.45, 7) is 9.09. The Hall–Kier alpha value is -2.88. The molecule has 0 aromatic carbocycles. The monoisotopic (exact) mass is 482 g/mol. The predicted molar refractivity (Wildman–Crippen MR) is 118 cm³/mol. The van der Waals surface area contributed by atoms with Crippen LogP contribution >= 0.6 is 0 Å². The SMILES string of the molecule is CC(=O)OCC1(O)C(OC(C)=O)C=C2C(COC(=O)CC(C)C)=COC(OC(=O)CC(C)C)C21. The first-order valence-electron chi connectivity index (χ1n) is 11.3. The molecule has 190 valence electrons. The third-order valence-electron chi connectivity index (χ3n) is 5.27. The van der Waals surface area contributed by atoms with Crippen molar-refractivity contribution >= 4 is 23.9 Å². The average molecular weight is 483 g/mol. The Labute approximate surface area is 199 Å². The van der Waals surface area contributed by atoms with Gasteiger partial charge in [-0.2, -0.15) is 0 Å². The number of carbonyl (C=O) groups excluding carboxylic acids is 4. The Morgan fingerprint density at radius 3 is 2.15 bits per heavy atom. The van der Waals surface area contributed by atoms with Gasteiger partial charge in [-0.1, -0.05) is 27.7 Å². The first-order valence-corrected chi connectivity index (χ1v) is 11.3. The highest BCUT2D eigenvalue weighted by Crippen LogP contribution is 2.47. The summed E-state index contributed by atoms with van der Waals surface area (Å²) in [5.74, 6) is -3.24. The fourth-order valence-corrected chi connectivity index (χ4v) is 3.82. The van der Waals surface area contributed by atoms with E-state index in [1.165, 1.54) is 26.2 Å². The van der Waals surface area contributed by atoms with Gasteiger partial charge in [0.25, 0.3) is 6.29 Å². The van der Waals surface area contributed by atoms with Crippen LogP contribution in [0.3, 0.4) is 0 Å². The molecule has 4 unspecified atom stereocenters. The van der Waals surface area contributed by atoms with E-state index in [2.05, 4.69) is 0 Å². The van der Waals surface area contributed by atoms with Crippen LogP contribution in [0.2, 0.25) is 0 Å². The number of ether oxygens (including phenoxy) is 5. The van der Waals surface area contributed by atoms with E-state index in [4.69, 9.17) is 23.7 Å². The molecule has 4 atom stereocenters. The molecule has 0 saturated carbocycles. The summed E-state index contributed by atoms with van der Waals surface area (Å²) in [6, 6.07) is 0. The van der Waals surface area contributed by atoms with Crippen molar-refractivity contribution in [2.45, 2.75) is 72.4 Å². The van der Waals surface area contributed by atoms with E-state index in [1.54, 1.807) is 0 Å². The van der Waals surface area contributed by atoms with Crippen LogP contribution in [-0.2, 0) is 42.9 Å². The highest BCUT2D eigenvalue weighted by molar-refractivity contribution is 5.71. The van der Waals surface area contributed by atoms with Gasteiger partial charge in [-0.3, -0.25) is 19.2 Å². The van der Waals surface area contributed by atoms with Crippen LogP contribution < -0.4 is 0 Å². The average Bonchev–Trinajstić information content (AvgIpc) is 2.97. The Kier molecular flexibility index (Phi) is 9.26. The summed E-state index contributed by atoms with van der Waals surface area (Å²) in [7, 11) is 0. The van der Waals surface area contributed by atoms with Crippen LogP contribution in [0.15, 0.2) is 23.5 Å². The van der Waals surface area contributed by atoms with Crippen molar-refractivity contribution in [3.8, 4) is 0 Å². The molecule has 0 radical (unpaired) electrons. The van der Waals surface area contributed by atoms with Gasteiger partial charge in [0.15, 0.2) is 11.7 Å². The number of hydrogen-bond acceptors (Lipinski definition) is 10. The summed E-state index contributed by atoms with van der Waals surface area (Å²) in [6.07, 6.45) is 0.592. The molecule has 0 fully saturated rings. The summed E-state index contributed by atoms with van der Waals surface area (Å²) in [5, 5.41) is 11.6. The van der Waals surface area contributed by atoms with Gasteiger partial charge in [0.2, 0.25) is 0 Å². The Bertz CT molecular complexity index is 856. The van der Waals surface area contributed by atoms with Crippen molar-refractivity contribution < 1.29 is 48.0 Å². The quantitative estimate of drug-likeness (QED) is 0.365.